The number of hydrogen-bond acceptors (Lipinski definition) is 5. The Morgan fingerprint density at radius 1 is 1.00 bits per heavy atom. The smallest absolute Gasteiger partial charge is 0.257 e. The van der Waals surface area contributed by atoms with Crippen LogP contribution in [0.3, 0.4) is 0 Å². The second kappa shape index (κ2) is 8.52. The molecule has 0 fully saturated rings. The summed E-state index contributed by atoms with van der Waals surface area (Å²) in [6, 6.07) is 15.7. The lowest BCUT2D eigenvalue weighted by molar-refractivity contribution is 0.102. The fourth-order valence-corrected chi connectivity index (χ4v) is 3.47. The first-order valence-electron chi connectivity index (χ1n) is 9.22. The molecule has 5 nitrogen and oxygen atoms in total. The predicted octanol–water partition coefficient (Wildman–Crippen LogP) is 4.88. The summed E-state index contributed by atoms with van der Waals surface area (Å²) >= 11 is 1.41. The number of nitrogens with zero attached hydrogens (tertiary/aromatic N) is 2. The van der Waals surface area contributed by atoms with Crippen LogP contribution in [0.2, 0.25) is 0 Å². The first kappa shape index (κ1) is 20.0. The molecule has 0 saturated carbocycles. The van der Waals surface area contributed by atoms with Crippen LogP contribution in [-0.4, -0.2) is 23.2 Å². The van der Waals surface area contributed by atoms with Crippen LogP contribution < -0.4 is 10.1 Å². The molecule has 0 radical (unpaired) electrons. The molecule has 0 aliphatic carbocycles. The molecule has 0 spiro atoms. The molecule has 0 bridgehead atoms. The van der Waals surface area contributed by atoms with Gasteiger partial charge in [0.05, 0.1) is 7.11 Å². The number of amides is 1. The number of anilines is 1. The van der Waals surface area contributed by atoms with Crippen LogP contribution in [-0.2, 0) is 18.3 Å². The minimum Gasteiger partial charge on any atom is -0.497 e. The highest BCUT2D eigenvalue weighted by molar-refractivity contribution is 7.15. The van der Waals surface area contributed by atoms with E-state index in [1.165, 1.54) is 22.5 Å². The Balaban J connectivity index is 1.56. The van der Waals surface area contributed by atoms with E-state index in [1.807, 2.05) is 48.5 Å². The maximum atomic E-state index is 12.4. The Hall–Kier alpha value is -2.73. The number of carbonyl (C=O) groups is 1. The Morgan fingerprint density at radius 2 is 1.68 bits per heavy atom. The van der Waals surface area contributed by atoms with E-state index < -0.39 is 0 Å². The number of rotatable bonds is 6. The second-order valence-corrected chi connectivity index (χ2v) is 8.69. The first-order valence-corrected chi connectivity index (χ1v) is 10.0. The molecule has 1 heterocycles. The Bertz CT molecular complexity index is 926. The number of nitrogens with one attached hydrogen (secondary N) is 1. The molecule has 2 aromatic carbocycles. The minimum atomic E-state index is -0.168. The van der Waals surface area contributed by atoms with Crippen molar-refractivity contribution in [1.82, 2.24) is 10.2 Å². The number of aryl methyl sites for hydroxylation is 2. The van der Waals surface area contributed by atoms with Crippen LogP contribution in [0, 0.1) is 0 Å². The zero-order valence-corrected chi connectivity index (χ0v) is 17.5. The lowest BCUT2D eigenvalue weighted by Crippen LogP contribution is -2.14. The Kier molecular flexibility index (Phi) is 6.09. The van der Waals surface area contributed by atoms with Gasteiger partial charge in [0.25, 0.3) is 5.91 Å². The summed E-state index contributed by atoms with van der Waals surface area (Å²) in [4.78, 5) is 12.4. The molecular weight excluding hydrogens is 370 g/mol. The van der Waals surface area contributed by atoms with Gasteiger partial charge < -0.3 is 4.74 Å². The number of aromatic nitrogens is 2. The summed E-state index contributed by atoms with van der Waals surface area (Å²) in [7, 11) is 1.66. The fourth-order valence-electron chi connectivity index (χ4n) is 2.74. The van der Waals surface area contributed by atoms with E-state index in [0.29, 0.717) is 10.7 Å². The molecular formula is C22H25N3O2S. The molecule has 0 saturated heterocycles. The van der Waals surface area contributed by atoms with E-state index in [0.717, 1.165) is 23.6 Å². The van der Waals surface area contributed by atoms with Crippen molar-refractivity contribution in [2.45, 2.75) is 39.0 Å². The van der Waals surface area contributed by atoms with Crippen LogP contribution in [0.1, 0.15) is 47.3 Å². The van der Waals surface area contributed by atoms with E-state index in [4.69, 9.17) is 4.74 Å². The molecule has 3 rings (SSSR count). The summed E-state index contributed by atoms with van der Waals surface area (Å²) in [6.45, 7) is 6.45. The highest BCUT2D eigenvalue weighted by Crippen LogP contribution is 2.23. The Morgan fingerprint density at radius 3 is 2.29 bits per heavy atom. The molecule has 0 aliphatic heterocycles. The van der Waals surface area contributed by atoms with Crippen molar-refractivity contribution < 1.29 is 9.53 Å². The molecule has 0 aliphatic rings. The zero-order valence-electron chi connectivity index (χ0n) is 16.7. The Labute approximate surface area is 169 Å². The molecule has 28 heavy (non-hydrogen) atoms. The monoisotopic (exact) mass is 395 g/mol. The van der Waals surface area contributed by atoms with E-state index in [9.17, 15) is 4.79 Å². The summed E-state index contributed by atoms with van der Waals surface area (Å²) in [5.41, 5.74) is 3.08. The average molecular weight is 396 g/mol. The molecule has 3 aromatic rings. The number of methoxy groups -OCH3 is 1. The van der Waals surface area contributed by atoms with Crippen LogP contribution in [0.15, 0.2) is 48.5 Å². The van der Waals surface area contributed by atoms with E-state index in [1.54, 1.807) is 7.11 Å². The zero-order chi connectivity index (χ0) is 20.1. The molecule has 6 heteroatoms. The van der Waals surface area contributed by atoms with Crippen molar-refractivity contribution in [3.63, 3.8) is 0 Å². The molecule has 1 aromatic heterocycles. The highest BCUT2D eigenvalue weighted by Gasteiger charge is 2.15. The van der Waals surface area contributed by atoms with Crippen LogP contribution in [0.5, 0.6) is 5.75 Å². The van der Waals surface area contributed by atoms with Gasteiger partial charge in [0.15, 0.2) is 0 Å². The van der Waals surface area contributed by atoms with Crippen molar-refractivity contribution in [1.29, 1.82) is 0 Å². The number of hydrogen-bond donors (Lipinski definition) is 1. The van der Waals surface area contributed by atoms with Crippen molar-refractivity contribution in [3.8, 4) is 5.75 Å². The highest BCUT2D eigenvalue weighted by atomic mass is 32.1. The quantitative estimate of drug-likeness (QED) is 0.646. The van der Waals surface area contributed by atoms with Crippen molar-refractivity contribution in [2.24, 2.45) is 0 Å². The third-order valence-electron chi connectivity index (χ3n) is 4.49. The largest absolute Gasteiger partial charge is 0.497 e. The number of ether oxygens (including phenoxy) is 1. The summed E-state index contributed by atoms with van der Waals surface area (Å²) in [5.74, 6) is 0.679. The predicted molar refractivity (Wildman–Crippen MR) is 113 cm³/mol. The minimum absolute atomic E-state index is 0.0625. The van der Waals surface area contributed by atoms with Gasteiger partial charge in [0, 0.05) is 12.0 Å². The third-order valence-corrected chi connectivity index (χ3v) is 5.39. The standard InChI is InChI=1S/C22H25N3O2S/c1-22(2,3)17-10-8-16(9-11-17)20(26)23-21-25-24-19(28-21)14-7-15-5-12-18(27-4)13-6-15/h5-6,8-13H,7,14H2,1-4H3,(H,23,25,26). The summed E-state index contributed by atoms with van der Waals surface area (Å²) < 4.78 is 5.17. The maximum Gasteiger partial charge on any atom is 0.257 e. The maximum absolute atomic E-state index is 12.4. The van der Waals surface area contributed by atoms with Crippen LogP contribution in [0.25, 0.3) is 0 Å². The average Bonchev–Trinajstić information content (AvgIpc) is 3.13. The lowest BCUT2D eigenvalue weighted by Gasteiger charge is -2.18. The van der Waals surface area contributed by atoms with Crippen LogP contribution in [0.4, 0.5) is 5.13 Å². The molecule has 0 unspecified atom stereocenters. The fraction of sp³-hybridized carbons (Fsp3) is 0.318. The van der Waals surface area contributed by atoms with Gasteiger partial charge in [-0.25, -0.2) is 0 Å². The van der Waals surface area contributed by atoms with Gasteiger partial charge in [-0.3, -0.25) is 10.1 Å². The number of benzene rings is 2. The normalized spacial score (nSPS) is 11.3. The van der Waals surface area contributed by atoms with Gasteiger partial charge in [-0.05, 0) is 47.2 Å². The van der Waals surface area contributed by atoms with E-state index in [-0.39, 0.29) is 11.3 Å². The van der Waals surface area contributed by atoms with Gasteiger partial charge in [-0.15, -0.1) is 10.2 Å². The van der Waals surface area contributed by atoms with E-state index in [2.05, 4.69) is 36.3 Å². The lowest BCUT2D eigenvalue weighted by atomic mass is 9.87. The molecule has 1 N–H and O–H groups in total. The molecule has 1 amide bonds. The molecule has 0 atom stereocenters. The SMILES string of the molecule is COc1ccc(CCc2nnc(NC(=O)c3ccc(C(C)(C)C)cc3)s2)cc1. The van der Waals surface area contributed by atoms with Gasteiger partial charge in [0.1, 0.15) is 10.8 Å². The third kappa shape index (κ3) is 5.16. The van der Waals surface area contributed by atoms with Gasteiger partial charge in [-0.1, -0.05) is 56.4 Å². The first-order chi connectivity index (χ1) is 13.3. The number of carbonyl (C=O) groups excluding carboxylic acids is 1. The van der Waals surface area contributed by atoms with Crippen molar-refractivity contribution >= 4 is 22.4 Å². The summed E-state index contributed by atoms with van der Waals surface area (Å²) in [5, 5.41) is 12.5. The van der Waals surface area contributed by atoms with Gasteiger partial charge in [0.2, 0.25) is 5.13 Å². The van der Waals surface area contributed by atoms with Crippen molar-refractivity contribution in [3.05, 3.63) is 70.2 Å². The van der Waals surface area contributed by atoms with Crippen molar-refractivity contribution in [2.75, 3.05) is 12.4 Å². The van der Waals surface area contributed by atoms with E-state index >= 15 is 0 Å². The summed E-state index contributed by atoms with van der Waals surface area (Å²) in [6.07, 6.45) is 1.64. The second-order valence-electron chi connectivity index (χ2n) is 7.63. The topological polar surface area (TPSA) is 64.1 Å². The van der Waals surface area contributed by atoms with Gasteiger partial charge in [-0.2, -0.15) is 0 Å². The molecule has 146 valence electrons. The van der Waals surface area contributed by atoms with Gasteiger partial charge >= 0.3 is 0 Å². The van der Waals surface area contributed by atoms with Crippen LogP contribution >= 0.6 is 11.3 Å².